The standard InChI is InChI=1S/C17H21N5O3S/c1-2-6-15-19-20-17(26-15)18-16(23)12-7-8-13(14(11-12)22(24)25)21-9-4-3-5-10-21/h7-8,11H,2-6,9-10H2,1H3,(H,18,20,23). The number of nitro benzene ring substituents is 1. The van der Waals surface area contributed by atoms with E-state index >= 15 is 0 Å². The lowest BCUT2D eigenvalue weighted by Gasteiger charge is -2.28. The zero-order chi connectivity index (χ0) is 18.5. The first-order valence-electron chi connectivity index (χ1n) is 8.75. The fourth-order valence-electron chi connectivity index (χ4n) is 3.00. The van der Waals surface area contributed by atoms with Gasteiger partial charge in [0.05, 0.1) is 4.92 Å². The summed E-state index contributed by atoms with van der Waals surface area (Å²) in [6.07, 6.45) is 4.95. The average Bonchev–Trinajstić information content (AvgIpc) is 3.09. The van der Waals surface area contributed by atoms with Crippen LogP contribution in [-0.2, 0) is 6.42 Å². The molecule has 8 nitrogen and oxygen atoms in total. The zero-order valence-electron chi connectivity index (χ0n) is 14.6. The molecule has 138 valence electrons. The van der Waals surface area contributed by atoms with Crippen molar-refractivity contribution in [2.24, 2.45) is 0 Å². The summed E-state index contributed by atoms with van der Waals surface area (Å²) < 4.78 is 0. The molecule has 2 heterocycles. The van der Waals surface area contributed by atoms with Crippen LogP contribution in [0.2, 0.25) is 0 Å². The van der Waals surface area contributed by atoms with Crippen LogP contribution in [0.25, 0.3) is 0 Å². The van der Waals surface area contributed by atoms with Crippen LogP contribution in [-0.4, -0.2) is 34.1 Å². The number of amides is 1. The summed E-state index contributed by atoms with van der Waals surface area (Å²) in [5, 5.41) is 23.4. The van der Waals surface area contributed by atoms with E-state index in [1.165, 1.54) is 17.4 Å². The molecule has 0 radical (unpaired) electrons. The van der Waals surface area contributed by atoms with E-state index < -0.39 is 10.8 Å². The number of aryl methyl sites for hydroxylation is 1. The van der Waals surface area contributed by atoms with E-state index in [0.29, 0.717) is 10.8 Å². The number of nitrogens with one attached hydrogen (secondary N) is 1. The lowest BCUT2D eigenvalue weighted by Crippen LogP contribution is -2.30. The summed E-state index contributed by atoms with van der Waals surface area (Å²) in [6, 6.07) is 4.63. The minimum absolute atomic E-state index is 0.0384. The maximum absolute atomic E-state index is 12.4. The van der Waals surface area contributed by atoms with E-state index in [1.54, 1.807) is 12.1 Å². The number of benzene rings is 1. The summed E-state index contributed by atoms with van der Waals surface area (Å²) >= 11 is 1.32. The van der Waals surface area contributed by atoms with E-state index in [4.69, 9.17) is 0 Å². The van der Waals surface area contributed by atoms with Gasteiger partial charge in [-0.2, -0.15) is 0 Å². The number of anilines is 2. The SMILES string of the molecule is CCCc1nnc(NC(=O)c2ccc(N3CCCCC3)c([N+](=O)[O-])c2)s1. The van der Waals surface area contributed by atoms with Gasteiger partial charge in [-0.25, -0.2) is 0 Å². The van der Waals surface area contributed by atoms with E-state index in [2.05, 4.69) is 15.5 Å². The van der Waals surface area contributed by atoms with Crippen molar-refractivity contribution in [3.63, 3.8) is 0 Å². The topological polar surface area (TPSA) is 101 Å². The van der Waals surface area contributed by atoms with E-state index in [-0.39, 0.29) is 11.3 Å². The molecule has 2 aromatic rings. The van der Waals surface area contributed by atoms with Crippen molar-refractivity contribution in [2.75, 3.05) is 23.3 Å². The van der Waals surface area contributed by atoms with Gasteiger partial charge in [0.25, 0.3) is 11.6 Å². The first kappa shape index (κ1) is 18.2. The van der Waals surface area contributed by atoms with Gasteiger partial charge < -0.3 is 4.90 Å². The molecular weight excluding hydrogens is 354 g/mol. The first-order valence-corrected chi connectivity index (χ1v) is 9.57. The molecule has 1 amide bonds. The molecule has 0 aliphatic carbocycles. The minimum atomic E-state index is -0.426. The van der Waals surface area contributed by atoms with Gasteiger partial charge in [0.15, 0.2) is 0 Å². The molecule has 1 N–H and O–H groups in total. The van der Waals surface area contributed by atoms with Gasteiger partial charge in [0.1, 0.15) is 10.7 Å². The normalized spacial score (nSPS) is 14.3. The van der Waals surface area contributed by atoms with Gasteiger partial charge in [0.2, 0.25) is 5.13 Å². The number of nitro groups is 1. The molecular formula is C17H21N5O3S. The highest BCUT2D eigenvalue weighted by molar-refractivity contribution is 7.15. The van der Waals surface area contributed by atoms with Gasteiger partial charge >= 0.3 is 0 Å². The molecule has 26 heavy (non-hydrogen) atoms. The number of rotatable bonds is 6. The number of nitrogens with zero attached hydrogens (tertiary/aromatic N) is 4. The third-order valence-electron chi connectivity index (χ3n) is 4.28. The van der Waals surface area contributed by atoms with Crippen molar-refractivity contribution in [3.8, 4) is 0 Å². The molecule has 1 fully saturated rings. The quantitative estimate of drug-likeness (QED) is 0.611. The van der Waals surface area contributed by atoms with Crippen LogP contribution in [0.4, 0.5) is 16.5 Å². The summed E-state index contributed by atoms with van der Waals surface area (Å²) in [5.74, 6) is -0.419. The Kier molecular flexibility index (Phi) is 5.77. The van der Waals surface area contributed by atoms with E-state index in [1.807, 2.05) is 11.8 Å². The maximum Gasteiger partial charge on any atom is 0.293 e. The molecule has 0 saturated carbocycles. The first-order chi connectivity index (χ1) is 12.6. The number of hydrogen-bond donors (Lipinski definition) is 1. The Bertz CT molecular complexity index is 801. The Morgan fingerprint density at radius 3 is 2.77 bits per heavy atom. The Morgan fingerprint density at radius 2 is 2.08 bits per heavy atom. The van der Waals surface area contributed by atoms with Crippen LogP contribution in [0.1, 0.15) is 48.0 Å². The number of carbonyl (C=O) groups excluding carboxylic acids is 1. The van der Waals surface area contributed by atoms with E-state index in [9.17, 15) is 14.9 Å². The van der Waals surface area contributed by atoms with Gasteiger partial charge in [0, 0.05) is 31.1 Å². The fourth-order valence-corrected chi connectivity index (χ4v) is 3.84. The van der Waals surface area contributed by atoms with Crippen LogP contribution >= 0.6 is 11.3 Å². The molecule has 1 aliphatic heterocycles. The zero-order valence-corrected chi connectivity index (χ0v) is 15.4. The van der Waals surface area contributed by atoms with Gasteiger partial charge in [-0.05, 0) is 37.8 Å². The molecule has 9 heteroatoms. The molecule has 0 bridgehead atoms. The molecule has 1 aliphatic rings. The Balaban J connectivity index is 1.79. The van der Waals surface area contributed by atoms with Crippen LogP contribution < -0.4 is 10.2 Å². The van der Waals surface area contributed by atoms with Crippen molar-refractivity contribution < 1.29 is 9.72 Å². The second kappa shape index (κ2) is 8.22. The highest BCUT2D eigenvalue weighted by Gasteiger charge is 2.23. The lowest BCUT2D eigenvalue weighted by atomic mass is 10.1. The van der Waals surface area contributed by atoms with Gasteiger partial charge in [-0.1, -0.05) is 18.3 Å². The molecule has 0 spiro atoms. The maximum atomic E-state index is 12.4. The van der Waals surface area contributed by atoms with Crippen LogP contribution in [0, 0.1) is 10.1 Å². The van der Waals surface area contributed by atoms with Crippen LogP contribution in [0.15, 0.2) is 18.2 Å². The molecule has 1 aromatic heterocycles. The lowest BCUT2D eigenvalue weighted by molar-refractivity contribution is -0.384. The highest BCUT2D eigenvalue weighted by Crippen LogP contribution is 2.31. The average molecular weight is 375 g/mol. The molecule has 0 unspecified atom stereocenters. The Morgan fingerprint density at radius 1 is 1.31 bits per heavy atom. The fraction of sp³-hybridized carbons (Fsp3) is 0.471. The third-order valence-corrected chi connectivity index (χ3v) is 5.18. The van der Waals surface area contributed by atoms with Gasteiger partial charge in [-0.15, -0.1) is 10.2 Å². The van der Waals surface area contributed by atoms with Crippen molar-refractivity contribution in [1.82, 2.24) is 10.2 Å². The number of aromatic nitrogens is 2. The predicted octanol–water partition coefficient (Wildman–Crippen LogP) is 3.64. The molecule has 3 rings (SSSR count). The Hall–Kier alpha value is -2.55. The number of hydrogen-bond acceptors (Lipinski definition) is 7. The monoisotopic (exact) mass is 375 g/mol. The van der Waals surface area contributed by atoms with Crippen molar-refractivity contribution >= 4 is 33.8 Å². The van der Waals surface area contributed by atoms with E-state index in [0.717, 1.165) is 50.2 Å². The van der Waals surface area contributed by atoms with Crippen molar-refractivity contribution in [3.05, 3.63) is 38.9 Å². The smallest absolute Gasteiger partial charge is 0.293 e. The molecule has 1 aromatic carbocycles. The van der Waals surface area contributed by atoms with Crippen molar-refractivity contribution in [1.29, 1.82) is 0 Å². The second-order valence-corrected chi connectivity index (χ2v) is 7.28. The Labute approximate surface area is 155 Å². The number of piperidine rings is 1. The van der Waals surface area contributed by atoms with Crippen LogP contribution in [0.3, 0.4) is 0 Å². The number of carbonyl (C=O) groups is 1. The van der Waals surface area contributed by atoms with Gasteiger partial charge in [-0.3, -0.25) is 20.2 Å². The molecule has 1 saturated heterocycles. The predicted molar refractivity (Wildman–Crippen MR) is 101 cm³/mol. The van der Waals surface area contributed by atoms with Crippen molar-refractivity contribution in [2.45, 2.75) is 39.0 Å². The summed E-state index contributed by atoms with van der Waals surface area (Å²) in [6.45, 7) is 3.65. The largest absolute Gasteiger partial charge is 0.366 e. The molecule has 0 atom stereocenters. The third kappa shape index (κ3) is 4.16. The second-order valence-electron chi connectivity index (χ2n) is 6.21. The summed E-state index contributed by atoms with van der Waals surface area (Å²) in [7, 11) is 0. The minimum Gasteiger partial charge on any atom is -0.366 e. The summed E-state index contributed by atoms with van der Waals surface area (Å²) in [4.78, 5) is 25.5. The van der Waals surface area contributed by atoms with Crippen LogP contribution in [0.5, 0.6) is 0 Å². The highest BCUT2D eigenvalue weighted by atomic mass is 32.1. The summed E-state index contributed by atoms with van der Waals surface area (Å²) in [5.41, 5.74) is 0.778.